The summed E-state index contributed by atoms with van der Waals surface area (Å²) in [6.07, 6.45) is 4.47. The number of carbonyl (C=O) groups excluding carboxylic acids is 1. The minimum absolute atomic E-state index is 0.183. The first-order chi connectivity index (χ1) is 9.11. The molecule has 1 aromatic carbocycles. The molecule has 1 amide bonds. The maximum atomic E-state index is 11.3. The number of aryl methyl sites for hydroxylation is 1. The summed E-state index contributed by atoms with van der Waals surface area (Å²) in [6.45, 7) is 2.17. The molecule has 0 saturated heterocycles. The Kier molecular flexibility index (Phi) is 4.06. The number of carbonyl (C=O) groups is 1. The summed E-state index contributed by atoms with van der Waals surface area (Å²) >= 11 is 0. The van der Waals surface area contributed by atoms with Crippen LogP contribution in [0.3, 0.4) is 0 Å². The lowest BCUT2D eigenvalue weighted by Crippen LogP contribution is -2.40. The van der Waals surface area contributed by atoms with Crippen molar-refractivity contribution in [1.29, 1.82) is 5.26 Å². The predicted octanol–water partition coefficient (Wildman–Crippen LogP) is 2.10. The van der Waals surface area contributed by atoms with Crippen molar-refractivity contribution < 1.29 is 4.79 Å². The van der Waals surface area contributed by atoms with E-state index in [0.29, 0.717) is 11.6 Å². The molecule has 0 heterocycles. The van der Waals surface area contributed by atoms with Crippen LogP contribution in [-0.4, -0.2) is 18.5 Å². The average molecular weight is 257 g/mol. The van der Waals surface area contributed by atoms with Gasteiger partial charge in [0.05, 0.1) is 17.8 Å². The molecular weight excluding hydrogens is 238 g/mol. The van der Waals surface area contributed by atoms with E-state index in [0.717, 1.165) is 24.1 Å². The van der Waals surface area contributed by atoms with E-state index < -0.39 is 0 Å². The van der Waals surface area contributed by atoms with Crippen molar-refractivity contribution in [1.82, 2.24) is 0 Å². The molecule has 4 nitrogen and oxygen atoms in total. The van der Waals surface area contributed by atoms with Crippen molar-refractivity contribution in [3.63, 3.8) is 0 Å². The molecule has 0 aromatic heterocycles. The highest BCUT2D eigenvalue weighted by Crippen LogP contribution is 2.30. The minimum Gasteiger partial charge on any atom is -0.368 e. The highest BCUT2D eigenvalue weighted by Gasteiger charge is 2.25. The van der Waals surface area contributed by atoms with E-state index in [1.165, 1.54) is 12.8 Å². The lowest BCUT2D eigenvalue weighted by Gasteiger charge is -2.31. The molecule has 1 fully saturated rings. The number of primary amides is 1. The van der Waals surface area contributed by atoms with Crippen LogP contribution in [-0.2, 0) is 4.79 Å². The summed E-state index contributed by atoms with van der Waals surface area (Å²) in [5, 5.41) is 9.24. The molecule has 1 saturated carbocycles. The minimum atomic E-state index is -0.350. The Morgan fingerprint density at radius 2 is 2.16 bits per heavy atom. The van der Waals surface area contributed by atoms with Gasteiger partial charge in [0, 0.05) is 6.04 Å². The van der Waals surface area contributed by atoms with E-state index in [4.69, 9.17) is 5.73 Å². The van der Waals surface area contributed by atoms with Gasteiger partial charge in [-0.25, -0.2) is 0 Å². The molecule has 100 valence electrons. The second kappa shape index (κ2) is 5.75. The number of nitrogens with two attached hydrogens (primary N) is 1. The summed E-state index contributed by atoms with van der Waals surface area (Å²) < 4.78 is 0. The molecule has 0 bridgehead atoms. The highest BCUT2D eigenvalue weighted by atomic mass is 16.1. The molecule has 0 atom stereocenters. The molecular formula is C15H19N3O. The molecule has 19 heavy (non-hydrogen) atoms. The maximum absolute atomic E-state index is 11.3. The Balaban J connectivity index is 2.39. The summed E-state index contributed by atoms with van der Waals surface area (Å²) in [7, 11) is 0. The van der Waals surface area contributed by atoms with Gasteiger partial charge in [-0.1, -0.05) is 18.9 Å². The molecule has 2 N–H and O–H groups in total. The Morgan fingerprint density at radius 3 is 2.74 bits per heavy atom. The molecule has 0 unspecified atom stereocenters. The van der Waals surface area contributed by atoms with Gasteiger partial charge in [-0.15, -0.1) is 0 Å². The van der Waals surface area contributed by atoms with Gasteiger partial charge in [0.25, 0.3) is 0 Å². The maximum Gasteiger partial charge on any atom is 0.236 e. The Hall–Kier alpha value is -2.02. The molecule has 0 aliphatic heterocycles. The van der Waals surface area contributed by atoms with E-state index >= 15 is 0 Å². The van der Waals surface area contributed by atoms with Crippen molar-refractivity contribution in [2.24, 2.45) is 5.73 Å². The first-order valence-corrected chi connectivity index (χ1v) is 6.67. The Labute approximate surface area is 113 Å². The van der Waals surface area contributed by atoms with Crippen molar-refractivity contribution in [2.45, 2.75) is 38.6 Å². The quantitative estimate of drug-likeness (QED) is 0.898. The fourth-order valence-corrected chi connectivity index (χ4v) is 2.77. The van der Waals surface area contributed by atoms with Crippen molar-refractivity contribution in [2.75, 3.05) is 11.4 Å². The molecule has 1 aliphatic carbocycles. The van der Waals surface area contributed by atoms with Crippen LogP contribution in [0.5, 0.6) is 0 Å². The van der Waals surface area contributed by atoms with Gasteiger partial charge in [0.1, 0.15) is 6.07 Å². The van der Waals surface area contributed by atoms with Crippen LogP contribution < -0.4 is 10.6 Å². The summed E-state index contributed by atoms with van der Waals surface area (Å²) in [5.41, 5.74) is 7.90. The van der Waals surface area contributed by atoms with Crippen molar-refractivity contribution in [3.05, 3.63) is 29.3 Å². The number of hydrogen-bond donors (Lipinski definition) is 1. The fraction of sp³-hybridized carbons (Fsp3) is 0.467. The topological polar surface area (TPSA) is 70.1 Å². The van der Waals surface area contributed by atoms with Crippen LogP contribution in [0, 0.1) is 18.3 Å². The third-order valence-electron chi connectivity index (χ3n) is 3.67. The van der Waals surface area contributed by atoms with Gasteiger partial charge in [0.2, 0.25) is 5.91 Å². The zero-order valence-corrected chi connectivity index (χ0v) is 11.2. The number of rotatable bonds is 4. The molecule has 2 rings (SSSR count). The Bertz CT molecular complexity index is 513. The summed E-state index contributed by atoms with van der Waals surface area (Å²) in [5.74, 6) is -0.350. The van der Waals surface area contributed by atoms with Crippen LogP contribution in [0.1, 0.15) is 36.8 Å². The monoisotopic (exact) mass is 257 g/mol. The fourth-order valence-electron chi connectivity index (χ4n) is 2.77. The van der Waals surface area contributed by atoms with Crippen LogP contribution >= 0.6 is 0 Å². The normalized spacial score (nSPS) is 15.2. The van der Waals surface area contributed by atoms with Gasteiger partial charge >= 0.3 is 0 Å². The number of nitrogens with zero attached hydrogens (tertiary/aromatic N) is 2. The number of benzene rings is 1. The van der Waals surface area contributed by atoms with Crippen molar-refractivity contribution in [3.8, 4) is 6.07 Å². The second-order valence-electron chi connectivity index (χ2n) is 5.16. The zero-order valence-electron chi connectivity index (χ0n) is 11.2. The number of hydrogen-bond acceptors (Lipinski definition) is 3. The molecule has 1 aromatic rings. The first kappa shape index (κ1) is 13.4. The first-order valence-electron chi connectivity index (χ1n) is 6.67. The van der Waals surface area contributed by atoms with E-state index in [2.05, 4.69) is 6.07 Å². The van der Waals surface area contributed by atoms with E-state index in [9.17, 15) is 10.1 Å². The molecule has 0 spiro atoms. The summed E-state index contributed by atoms with van der Waals surface area (Å²) in [4.78, 5) is 13.3. The number of amides is 1. The van der Waals surface area contributed by atoms with E-state index in [-0.39, 0.29) is 12.5 Å². The standard InChI is InChI=1S/C15H19N3O/c1-11-6-7-12(9-16)14(8-11)18(10-15(17)19)13-4-2-3-5-13/h6-8,13H,2-5,10H2,1H3,(H2,17,19). The van der Waals surface area contributed by atoms with Crippen LogP contribution in [0.15, 0.2) is 18.2 Å². The smallest absolute Gasteiger partial charge is 0.236 e. The van der Waals surface area contributed by atoms with E-state index in [1.54, 1.807) is 0 Å². The zero-order chi connectivity index (χ0) is 13.8. The van der Waals surface area contributed by atoms with E-state index in [1.807, 2.05) is 30.0 Å². The summed E-state index contributed by atoms with van der Waals surface area (Å²) in [6, 6.07) is 8.23. The van der Waals surface area contributed by atoms with Gasteiger partial charge in [-0.2, -0.15) is 5.26 Å². The van der Waals surface area contributed by atoms with Gasteiger partial charge in [0.15, 0.2) is 0 Å². The second-order valence-corrected chi connectivity index (χ2v) is 5.16. The van der Waals surface area contributed by atoms with Crippen molar-refractivity contribution >= 4 is 11.6 Å². The lowest BCUT2D eigenvalue weighted by molar-refractivity contribution is -0.116. The largest absolute Gasteiger partial charge is 0.368 e. The van der Waals surface area contributed by atoms with Crippen LogP contribution in [0.25, 0.3) is 0 Å². The lowest BCUT2D eigenvalue weighted by atomic mass is 10.1. The molecule has 0 radical (unpaired) electrons. The third kappa shape index (κ3) is 3.05. The van der Waals surface area contributed by atoms with Crippen LogP contribution in [0.2, 0.25) is 0 Å². The third-order valence-corrected chi connectivity index (χ3v) is 3.67. The van der Waals surface area contributed by atoms with Gasteiger partial charge < -0.3 is 10.6 Å². The molecule has 1 aliphatic rings. The highest BCUT2D eigenvalue weighted by molar-refractivity contribution is 5.80. The number of nitriles is 1. The average Bonchev–Trinajstić information content (AvgIpc) is 2.89. The Morgan fingerprint density at radius 1 is 1.47 bits per heavy atom. The molecule has 4 heteroatoms. The predicted molar refractivity (Wildman–Crippen MR) is 74.7 cm³/mol. The number of anilines is 1. The SMILES string of the molecule is Cc1ccc(C#N)c(N(CC(N)=O)C2CCCC2)c1. The van der Waals surface area contributed by atoms with Gasteiger partial charge in [-0.05, 0) is 37.5 Å². The van der Waals surface area contributed by atoms with Crippen LogP contribution in [0.4, 0.5) is 5.69 Å². The van der Waals surface area contributed by atoms with Gasteiger partial charge in [-0.3, -0.25) is 4.79 Å².